The molecule has 18 heavy (non-hydrogen) atoms. The Morgan fingerprint density at radius 2 is 2.17 bits per heavy atom. The second-order valence-corrected chi connectivity index (χ2v) is 5.20. The first-order valence-electron chi connectivity index (χ1n) is 6.72. The van der Waals surface area contributed by atoms with Crippen LogP contribution in [0.4, 0.5) is 0 Å². The number of carbonyl (C=O) groups is 2. The van der Waals surface area contributed by atoms with Crippen molar-refractivity contribution < 1.29 is 14.7 Å². The highest BCUT2D eigenvalue weighted by molar-refractivity contribution is 5.85. The van der Waals surface area contributed by atoms with Gasteiger partial charge in [0, 0.05) is 25.6 Å². The third-order valence-corrected chi connectivity index (χ3v) is 3.35. The molecule has 104 valence electrons. The van der Waals surface area contributed by atoms with E-state index in [1.54, 1.807) is 4.90 Å². The van der Waals surface area contributed by atoms with Gasteiger partial charge in [-0.25, -0.2) is 0 Å². The molecule has 0 aromatic rings. The third kappa shape index (κ3) is 4.64. The Balaban J connectivity index is 2.41. The van der Waals surface area contributed by atoms with Crippen LogP contribution in [0.15, 0.2) is 0 Å². The molecule has 5 heteroatoms. The number of hydrogen-bond donors (Lipinski definition) is 2. The van der Waals surface area contributed by atoms with Crippen molar-refractivity contribution in [3.05, 3.63) is 0 Å². The van der Waals surface area contributed by atoms with Crippen molar-refractivity contribution in [3.8, 4) is 0 Å². The first-order valence-corrected chi connectivity index (χ1v) is 6.72. The van der Waals surface area contributed by atoms with Crippen LogP contribution < -0.4 is 5.32 Å². The summed E-state index contributed by atoms with van der Waals surface area (Å²) in [7, 11) is 0. The van der Waals surface area contributed by atoms with E-state index in [9.17, 15) is 9.59 Å². The summed E-state index contributed by atoms with van der Waals surface area (Å²) in [5.41, 5.74) is 0. The van der Waals surface area contributed by atoms with Gasteiger partial charge in [0.15, 0.2) is 0 Å². The second kappa shape index (κ2) is 7.36. The molecular weight excluding hydrogens is 232 g/mol. The van der Waals surface area contributed by atoms with E-state index >= 15 is 0 Å². The van der Waals surface area contributed by atoms with Gasteiger partial charge in [-0.1, -0.05) is 13.8 Å². The van der Waals surface area contributed by atoms with Gasteiger partial charge < -0.3 is 15.3 Å². The topological polar surface area (TPSA) is 69.6 Å². The molecule has 1 heterocycles. The van der Waals surface area contributed by atoms with Crippen molar-refractivity contribution in [2.24, 2.45) is 5.92 Å². The van der Waals surface area contributed by atoms with E-state index in [0.717, 1.165) is 12.8 Å². The Morgan fingerprint density at radius 1 is 1.44 bits per heavy atom. The lowest BCUT2D eigenvalue weighted by molar-refractivity contribution is -0.138. The zero-order valence-electron chi connectivity index (χ0n) is 11.3. The molecule has 0 saturated carbocycles. The highest BCUT2D eigenvalue weighted by Crippen LogP contribution is 2.10. The maximum Gasteiger partial charge on any atom is 0.239 e. The molecule has 1 aliphatic rings. The van der Waals surface area contributed by atoms with Crippen LogP contribution in [-0.4, -0.2) is 47.6 Å². The van der Waals surface area contributed by atoms with E-state index in [1.807, 2.05) is 13.8 Å². The number of nitrogens with one attached hydrogen (secondary N) is 1. The molecule has 1 rings (SSSR count). The van der Waals surface area contributed by atoms with Crippen LogP contribution >= 0.6 is 0 Å². The van der Waals surface area contributed by atoms with Crippen molar-refractivity contribution in [1.82, 2.24) is 10.2 Å². The van der Waals surface area contributed by atoms with Gasteiger partial charge in [-0.05, 0) is 25.2 Å². The van der Waals surface area contributed by atoms with E-state index in [-0.39, 0.29) is 36.9 Å². The Hall–Kier alpha value is -1.10. The molecule has 1 atom stereocenters. The minimum atomic E-state index is -0.127. The smallest absolute Gasteiger partial charge is 0.239 e. The number of aliphatic hydroxyl groups is 1. The maximum atomic E-state index is 11.9. The molecule has 0 aliphatic carbocycles. The zero-order valence-corrected chi connectivity index (χ0v) is 11.3. The summed E-state index contributed by atoms with van der Waals surface area (Å²) in [4.78, 5) is 25.1. The van der Waals surface area contributed by atoms with Gasteiger partial charge in [0.1, 0.15) is 0 Å². The van der Waals surface area contributed by atoms with Crippen LogP contribution in [0.3, 0.4) is 0 Å². The summed E-state index contributed by atoms with van der Waals surface area (Å²) in [6, 6.07) is -0.0256. The largest absolute Gasteiger partial charge is 0.396 e. The zero-order chi connectivity index (χ0) is 13.5. The molecular formula is C13H24N2O3. The molecule has 1 fully saturated rings. The highest BCUT2D eigenvalue weighted by Gasteiger charge is 2.22. The van der Waals surface area contributed by atoms with Crippen LogP contribution in [0.25, 0.3) is 0 Å². The molecule has 0 aromatic carbocycles. The number of piperidine rings is 1. The molecule has 5 nitrogen and oxygen atoms in total. The summed E-state index contributed by atoms with van der Waals surface area (Å²) < 4.78 is 0. The number of hydrogen-bond acceptors (Lipinski definition) is 3. The van der Waals surface area contributed by atoms with Crippen LogP contribution in [0.1, 0.15) is 39.5 Å². The monoisotopic (exact) mass is 256 g/mol. The van der Waals surface area contributed by atoms with Gasteiger partial charge in [0.25, 0.3) is 0 Å². The molecule has 1 saturated heterocycles. The second-order valence-electron chi connectivity index (χ2n) is 5.20. The van der Waals surface area contributed by atoms with Crippen LogP contribution in [0.5, 0.6) is 0 Å². The predicted octanol–water partition coefficient (Wildman–Crippen LogP) is 0.522. The Bertz CT molecular complexity index is 292. The molecule has 2 amide bonds. The lowest BCUT2D eigenvalue weighted by atomic mass is 10.0. The summed E-state index contributed by atoms with van der Waals surface area (Å²) in [5, 5.41) is 11.8. The number of nitrogens with zero attached hydrogens (tertiary/aromatic N) is 1. The van der Waals surface area contributed by atoms with Gasteiger partial charge in [0.2, 0.25) is 11.8 Å². The SMILES string of the molecule is CC(C)C(CCO)NC(=O)CN1CCCCC1=O. The first kappa shape index (κ1) is 15.0. The third-order valence-electron chi connectivity index (χ3n) is 3.35. The van der Waals surface area contributed by atoms with Gasteiger partial charge in [-0.2, -0.15) is 0 Å². The number of carbonyl (C=O) groups excluding carboxylic acids is 2. The molecule has 2 N–H and O–H groups in total. The minimum Gasteiger partial charge on any atom is -0.396 e. The van der Waals surface area contributed by atoms with Gasteiger partial charge in [-0.3, -0.25) is 9.59 Å². The van der Waals surface area contributed by atoms with E-state index < -0.39 is 0 Å². The van der Waals surface area contributed by atoms with Crippen LogP contribution in [0.2, 0.25) is 0 Å². The fourth-order valence-corrected chi connectivity index (χ4v) is 2.17. The standard InChI is InChI=1S/C13H24N2O3/c1-10(2)11(6-8-16)14-12(17)9-15-7-4-3-5-13(15)18/h10-11,16H,3-9H2,1-2H3,(H,14,17). The van der Waals surface area contributed by atoms with Crippen molar-refractivity contribution in [2.75, 3.05) is 19.7 Å². The number of rotatable bonds is 6. The average molecular weight is 256 g/mol. The number of aliphatic hydroxyl groups excluding tert-OH is 1. The average Bonchev–Trinajstić information content (AvgIpc) is 2.31. The minimum absolute atomic E-state index is 0.0256. The molecule has 0 spiro atoms. The van der Waals surface area contributed by atoms with Gasteiger partial charge in [0.05, 0.1) is 6.54 Å². The summed E-state index contributed by atoms with van der Waals surface area (Å²) in [6.45, 7) is 4.90. The van der Waals surface area contributed by atoms with Crippen molar-refractivity contribution in [2.45, 2.75) is 45.6 Å². The summed E-state index contributed by atoms with van der Waals surface area (Å²) >= 11 is 0. The van der Waals surface area contributed by atoms with E-state index in [2.05, 4.69) is 5.32 Å². The van der Waals surface area contributed by atoms with Crippen molar-refractivity contribution in [3.63, 3.8) is 0 Å². The van der Waals surface area contributed by atoms with Crippen LogP contribution in [0, 0.1) is 5.92 Å². The maximum absolute atomic E-state index is 11.9. The van der Waals surface area contributed by atoms with Crippen molar-refractivity contribution >= 4 is 11.8 Å². The van der Waals surface area contributed by atoms with E-state index in [4.69, 9.17) is 5.11 Å². The highest BCUT2D eigenvalue weighted by atomic mass is 16.3. The Morgan fingerprint density at radius 3 is 2.72 bits per heavy atom. The molecule has 0 bridgehead atoms. The fourth-order valence-electron chi connectivity index (χ4n) is 2.17. The fraction of sp³-hybridized carbons (Fsp3) is 0.846. The number of likely N-dealkylation sites (tertiary alicyclic amines) is 1. The van der Waals surface area contributed by atoms with E-state index in [0.29, 0.717) is 19.4 Å². The Kier molecular flexibility index (Phi) is 6.12. The normalized spacial score (nSPS) is 18.0. The van der Waals surface area contributed by atoms with Crippen molar-refractivity contribution in [1.29, 1.82) is 0 Å². The quantitative estimate of drug-likeness (QED) is 0.728. The van der Waals surface area contributed by atoms with Crippen LogP contribution in [-0.2, 0) is 9.59 Å². The first-order chi connectivity index (χ1) is 8.54. The molecule has 0 radical (unpaired) electrons. The molecule has 1 aliphatic heterocycles. The Labute approximate surface area is 109 Å². The van der Waals surface area contributed by atoms with Gasteiger partial charge in [-0.15, -0.1) is 0 Å². The van der Waals surface area contributed by atoms with E-state index in [1.165, 1.54) is 0 Å². The van der Waals surface area contributed by atoms with Gasteiger partial charge >= 0.3 is 0 Å². The number of amides is 2. The summed E-state index contributed by atoms with van der Waals surface area (Å²) in [6.07, 6.45) is 3.01. The lowest BCUT2D eigenvalue weighted by Gasteiger charge is -2.28. The predicted molar refractivity (Wildman–Crippen MR) is 68.9 cm³/mol. The lowest BCUT2D eigenvalue weighted by Crippen LogP contribution is -2.47. The molecule has 0 aromatic heterocycles. The molecule has 1 unspecified atom stereocenters. The summed E-state index contributed by atoms with van der Waals surface area (Å²) in [5.74, 6) is 0.218.